The molecule has 0 unspecified atom stereocenters. The summed E-state index contributed by atoms with van der Waals surface area (Å²) in [4.78, 5) is 20.9. The first kappa shape index (κ1) is 20.7. The molecule has 2 aromatic carbocycles. The summed E-state index contributed by atoms with van der Waals surface area (Å²) in [5.41, 5.74) is 6.36. The van der Waals surface area contributed by atoms with Gasteiger partial charge in [0.05, 0.1) is 11.9 Å². The fraction of sp³-hybridized carbons (Fsp3) is 0.217. The van der Waals surface area contributed by atoms with Crippen LogP contribution in [-0.2, 0) is 22.9 Å². The van der Waals surface area contributed by atoms with Gasteiger partial charge in [-0.05, 0) is 61.6 Å². The lowest BCUT2D eigenvalue weighted by atomic mass is 9.95. The van der Waals surface area contributed by atoms with Gasteiger partial charge in [-0.2, -0.15) is 0 Å². The van der Waals surface area contributed by atoms with Crippen molar-refractivity contribution in [2.45, 2.75) is 25.7 Å². The third kappa shape index (κ3) is 4.26. The molecule has 9 heteroatoms. The zero-order chi connectivity index (χ0) is 22.3. The molecule has 1 amide bonds. The van der Waals surface area contributed by atoms with Gasteiger partial charge >= 0.3 is 0 Å². The van der Waals surface area contributed by atoms with Crippen LogP contribution < -0.4 is 10.0 Å². The highest BCUT2D eigenvalue weighted by atomic mass is 32.2. The molecule has 0 aliphatic heterocycles. The Balaban J connectivity index is 1.32. The fourth-order valence-corrected chi connectivity index (χ4v) is 5.38. The normalized spacial score (nSPS) is 13.7. The molecule has 0 bridgehead atoms. The number of aryl methyl sites for hydroxylation is 2. The summed E-state index contributed by atoms with van der Waals surface area (Å²) in [6, 6.07) is 12.7. The predicted molar refractivity (Wildman–Crippen MR) is 129 cm³/mol. The van der Waals surface area contributed by atoms with E-state index in [1.807, 2.05) is 23.6 Å². The Labute approximate surface area is 190 Å². The molecule has 0 saturated carbocycles. The molecule has 4 aromatic rings. The first-order valence-corrected chi connectivity index (χ1v) is 13.1. The number of carbonyl (C=O) groups excluding carboxylic acids is 1. The number of hydrogen-bond acceptors (Lipinski definition) is 5. The van der Waals surface area contributed by atoms with Crippen molar-refractivity contribution in [2.24, 2.45) is 0 Å². The fourth-order valence-electron chi connectivity index (χ4n) is 4.10. The molecule has 7 nitrogen and oxygen atoms in total. The number of aromatic nitrogens is 2. The minimum atomic E-state index is -3.32. The van der Waals surface area contributed by atoms with E-state index in [4.69, 9.17) is 0 Å². The van der Waals surface area contributed by atoms with Crippen molar-refractivity contribution in [3.05, 3.63) is 64.7 Å². The van der Waals surface area contributed by atoms with Crippen molar-refractivity contribution in [3.63, 3.8) is 0 Å². The van der Waals surface area contributed by atoms with Crippen LogP contribution >= 0.6 is 11.3 Å². The Kier molecular flexibility index (Phi) is 5.22. The Morgan fingerprint density at radius 2 is 1.88 bits per heavy atom. The van der Waals surface area contributed by atoms with Crippen LogP contribution in [0.25, 0.3) is 22.2 Å². The zero-order valence-electron chi connectivity index (χ0n) is 17.4. The van der Waals surface area contributed by atoms with Crippen LogP contribution in [-0.4, -0.2) is 30.5 Å². The number of anilines is 2. The van der Waals surface area contributed by atoms with Gasteiger partial charge in [-0.1, -0.05) is 12.1 Å². The lowest BCUT2D eigenvalue weighted by molar-refractivity contribution is 0.102. The van der Waals surface area contributed by atoms with Gasteiger partial charge in [0, 0.05) is 38.8 Å². The van der Waals surface area contributed by atoms with Crippen molar-refractivity contribution >= 4 is 49.0 Å². The number of sulfonamides is 1. The molecule has 5 rings (SSSR count). The third-order valence-electron chi connectivity index (χ3n) is 5.57. The molecule has 32 heavy (non-hydrogen) atoms. The molecule has 0 atom stereocenters. The van der Waals surface area contributed by atoms with Crippen molar-refractivity contribution in [2.75, 3.05) is 16.3 Å². The average Bonchev–Trinajstić information content (AvgIpc) is 3.37. The van der Waals surface area contributed by atoms with Crippen LogP contribution in [0.4, 0.5) is 10.8 Å². The summed E-state index contributed by atoms with van der Waals surface area (Å²) >= 11 is 1.35. The van der Waals surface area contributed by atoms with Gasteiger partial charge in [0.25, 0.3) is 5.91 Å². The smallest absolute Gasteiger partial charge is 0.257 e. The number of fused-ring (bicyclic) bond motifs is 3. The molecule has 0 fully saturated rings. The molecule has 2 heterocycles. The summed E-state index contributed by atoms with van der Waals surface area (Å²) in [5.74, 6) is -0.189. The van der Waals surface area contributed by atoms with Crippen LogP contribution in [0.3, 0.4) is 0 Å². The number of H-pyrrole nitrogens is 1. The van der Waals surface area contributed by atoms with E-state index >= 15 is 0 Å². The van der Waals surface area contributed by atoms with E-state index in [2.05, 4.69) is 20.0 Å². The Morgan fingerprint density at radius 1 is 1.09 bits per heavy atom. The third-order valence-corrected chi connectivity index (χ3v) is 6.93. The number of nitrogens with zero attached hydrogens (tertiary/aromatic N) is 1. The maximum Gasteiger partial charge on any atom is 0.257 e. The summed E-state index contributed by atoms with van der Waals surface area (Å²) < 4.78 is 25.1. The summed E-state index contributed by atoms with van der Waals surface area (Å²) in [6.07, 6.45) is 5.62. The maximum absolute atomic E-state index is 12.9. The molecule has 0 saturated heterocycles. The van der Waals surface area contributed by atoms with Gasteiger partial charge in [0.2, 0.25) is 10.0 Å². The molecule has 3 N–H and O–H groups in total. The average molecular weight is 467 g/mol. The molecular weight excluding hydrogens is 444 g/mol. The SMILES string of the molecule is CS(=O)(=O)Nc1ccc(-c2csc(NC(=O)c3ccc4[nH]c5c(c4c3)CCCC5)n2)cc1. The van der Waals surface area contributed by atoms with Crippen LogP contribution in [0, 0.1) is 0 Å². The van der Waals surface area contributed by atoms with Gasteiger partial charge in [-0.3, -0.25) is 14.8 Å². The van der Waals surface area contributed by atoms with Crippen molar-refractivity contribution in [3.8, 4) is 11.3 Å². The van der Waals surface area contributed by atoms with Gasteiger partial charge in [0.15, 0.2) is 5.13 Å². The topological polar surface area (TPSA) is 104 Å². The maximum atomic E-state index is 12.9. The largest absolute Gasteiger partial charge is 0.358 e. The first-order valence-electron chi connectivity index (χ1n) is 10.3. The monoisotopic (exact) mass is 466 g/mol. The number of amides is 1. The number of carbonyl (C=O) groups is 1. The highest BCUT2D eigenvalue weighted by Crippen LogP contribution is 2.30. The number of thiazole rings is 1. The van der Waals surface area contributed by atoms with E-state index in [0.717, 1.165) is 35.6 Å². The van der Waals surface area contributed by atoms with Gasteiger partial charge in [-0.15, -0.1) is 11.3 Å². The molecule has 164 valence electrons. The van der Waals surface area contributed by atoms with E-state index in [-0.39, 0.29) is 5.91 Å². The minimum Gasteiger partial charge on any atom is -0.358 e. The van der Waals surface area contributed by atoms with Crippen LogP contribution in [0.1, 0.15) is 34.5 Å². The van der Waals surface area contributed by atoms with E-state index in [1.165, 1.54) is 35.4 Å². The predicted octanol–water partition coefficient (Wildman–Crippen LogP) is 4.79. The second kappa shape index (κ2) is 8.07. The number of benzene rings is 2. The lowest BCUT2D eigenvalue weighted by Crippen LogP contribution is -2.11. The molecule has 0 radical (unpaired) electrons. The number of hydrogen-bond donors (Lipinski definition) is 3. The van der Waals surface area contributed by atoms with E-state index in [1.54, 1.807) is 24.3 Å². The second-order valence-electron chi connectivity index (χ2n) is 7.99. The van der Waals surface area contributed by atoms with Gasteiger partial charge < -0.3 is 4.98 Å². The summed E-state index contributed by atoms with van der Waals surface area (Å²) in [7, 11) is -3.32. The van der Waals surface area contributed by atoms with Crippen molar-refractivity contribution in [1.82, 2.24) is 9.97 Å². The molecule has 1 aliphatic rings. The minimum absolute atomic E-state index is 0.189. The highest BCUT2D eigenvalue weighted by molar-refractivity contribution is 7.92. The summed E-state index contributed by atoms with van der Waals surface area (Å²) in [5, 5.41) is 6.40. The Hall–Kier alpha value is -3.17. The van der Waals surface area contributed by atoms with E-state index in [9.17, 15) is 13.2 Å². The lowest BCUT2D eigenvalue weighted by Gasteiger charge is -2.10. The number of aromatic amines is 1. The van der Waals surface area contributed by atoms with Crippen molar-refractivity contribution < 1.29 is 13.2 Å². The number of nitrogens with one attached hydrogen (secondary N) is 3. The standard InChI is InChI=1S/C23H22N4O3S2/c1-32(29,30)27-16-9-6-14(7-10-16)21-13-31-23(25-21)26-22(28)15-8-11-20-18(12-15)17-4-2-3-5-19(17)24-20/h6-13,24,27H,2-5H2,1H3,(H,25,26,28). The Bertz CT molecular complexity index is 1420. The summed E-state index contributed by atoms with van der Waals surface area (Å²) in [6.45, 7) is 0. The first-order chi connectivity index (χ1) is 15.4. The van der Waals surface area contributed by atoms with Gasteiger partial charge in [0.1, 0.15) is 0 Å². The highest BCUT2D eigenvalue weighted by Gasteiger charge is 2.17. The number of rotatable bonds is 5. The molecule has 0 spiro atoms. The molecule has 1 aliphatic carbocycles. The van der Waals surface area contributed by atoms with Crippen LogP contribution in [0.2, 0.25) is 0 Å². The Morgan fingerprint density at radius 3 is 2.66 bits per heavy atom. The zero-order valence-corrected chi connectivity index (χ0v) is 19.1. The van der Waals surface area contributed by atoms with E-state index < -0.39 is 10.0 Å². The molecule has 2 aromatic heterocycles. The van der Waals surface area contributed by atoms with E-state index in [0.29, 0.717) is 22.1 Å². The van der Waals surface area contributed by atoms with Crippen LogP contribution in [0.5, 0.6) is 0 Å². The van der Waals surface area contributed by atoms with Crippen LogP contribution in [0.15, 0.2) is 47.8 Å². The quantitative estimate of drug-likeness (QED) is 0.393. The second-order valence-corrected chi connectivity index (χ2v) is 10.6. The molecular formula is C23H22N4O3S2. The van der Waals surface area contributed by atoms with Crippen molar-refractivity contribution in [1.29, 1.82) is 0 Å². The van der Waals surface area contributed by atoms with Gasteiger partial charge in [-0.25, -0.2) is 13.4 Å².